The third-order valence-corrected chi connectivity index (χ3v) is 5.00. The van der Waals surface area contributed by atoms with E-state index in [2.05, 4.69) is 130 Å². The Kier molecular flexibility index (Phi) is 39.2. The third-order valence-electron chi connectivity index (χ3n) is 4.44. The van der Waals surface area contributed by atoms with E-state index in [0.717, 1.165) is 23.7 Å². The molecule has 7 heteroatoms. The van der Waals surface area contributed by atoms with Crippen molar-refractivity contribution in [3.8, 4) is 0 Å². The molecule has 0 amide bonds. The van der Waals surface area contributed by atoms with Crippen molar-refractivity contribution in [1.82, 2.24) is 4.98 Å². The van der Waals surface area contributed by atoms with E-state index in [4.69, 9.17) is 0 Å². The SMILES string of the molecule is CCBr.CCCCBr.CCCC[n+]1cccc(C)c1.CC[n+]1cccc(C)c1.Cc1cccnc1.[Br-].[Br-]. The van der Waals surface area contributed by atoms with Gasteiger partial charge in [0.15, 0.2) is 24.8 Å². The van der Waals surface area contributed by atoms with E-state index < -0.39 is 0 Å². The Morgan fingerprint density at radius 3 is 1.49 bits per heavy atom. The molecule has 37 heavy (non-hydrogen) atoms. The number of halogens is 4. The van der Waals surface area contributed by atoms with Gasteiger partial charge in [-0.05, 0) is 57.9 Å². The number of alkyl halides is 2. The van der Waals surface area contributed by atoms with Crippen molar-refractivity contribution < 1.29 is 43.1 Å². The summed E-state index contributed by atoms with van der Waals surface area (Å²) < 4.78 is 4.41. The first-order valence-corrected chi connectivity index (χ1v) is 15.0. The van der Waals surface area contributed by atoms with Crippen LogP contribution in [0, 0.1) is 20.8 Å². The summed E-state index contributed by atoms with van der Waals surface area (Å²) in [5, 5.41) is 2.22. The molecule has 212 valence electrons. The number of pyridine rings is 3. The van der Waals surface area contributed by atoms with Crippen molar-refractivity contribution >= 4 is 31.9 Å². The number of unbranched alkanes of at least 4 members (excludes halogenated alkanes) is 2. The highest BCUT2D eigenvalue weighted by atomic mass is 79.9. The van der Waals surface area contributed by atoms with Gasteiger partial charge in [-0.3, -0.25) is 4.98 Å². The van der Waals surface area contributed by atoms with Crippen LogP contribution in [0.2, 0.25) is 0 Å². The summed E-state index contributed by atoms with van der Waals surface area (Å²) in [6.45, 7) is 17.0. The van der Waals surface area contributed by atoms with E-state index in [9.17, 15) is 0 Å². The summed E-state index contributed by atoms with van der Waals surface area (Å²) in [5.74, 6) is 0. The Balaban J connectivity index is -0.000000192. The Morgan fingerprint density at radius 2 is 1.19 bits per heavy atom. The number of hydrogen-bond acceptors (Lipinski definition) is 1. The lowest BCUT2D eigenvalue weighted by Gasteiger charge is -1.94. The molecule has 3 nitrogen and oxygen atoms in total. The predicted octanol–water partition coefficient (Wildman–Crippen LogP) is 2.37. The molecule has 0 atom stereocenters. The summed E-state index contributed by atoms with van der Waals surface area (Å²) in [4.78, 5) is 3.88. The molecule has 0 saturated heterocycles. The summed E-state index contributed by atoms with van der Waals surface area (Å²) in [7, 11) is 0. The van der Waals surface area contributed by atoms with Gasteiger partial charge < -0.3 is 34.0 Å². The van der Waals surface area contributed by atoms with Gasteiger partial charge in [0.25, 0.3) is 0 Å². The minimum Gasteiger partial charge on any atom is -1.00 e. The molecule has 0 radical (unpaired) electrons. The minimum absolute atomic E-state index is 0. The molecule has 0 unspecified atom stereocenters. The van der Waals surface area contributed by atoms with Crippen LogP contribution in [0.1, 0.15) is 70.1 Å². The molecule has 0 aromatic carbocycles. The molecule has 3 heterocycles. The maximum Gasteiger partial charge on any atom is 0.171 e. The van der Waals surface area contributed by atoms with Gasteiger partial charge in [0.05, 0.1) is 0 Å². The average molecular weight is 771 g/mol. The largest absolute Gasteiger partial charge is 1.00 e. The highest BCUT2D eigenvalue weighted by molar-refractivity contribution is 9.09. The van der Waals surface area contributed by atoms with Gasteiger partial charge in [-0.15, -0.1) is 0 Å². The summed E-state index contributed by atoms with van der Waals surface area (Å²) in [5.41, 5.74) is 3.87. The lowest BCUT2D eigenvalue weighted by atomic mass is 10.3. The molecule has 0 fully saturated rings. The third kappa shape index (κ3) is 31.5. The van der Waals surface area contributed by atoms with E-state index in [1.54, 1.807) is 6.20 Å². The second kappa shape index (κ2) is 33.4. The zero-order chi connectivity index (χ0) is 26.7. The van der Waals surface area contributed by atoms with Gasteiger partial charge in [0, 0.05) is 52.7 Å². The number of aryl methyl sites for hydroxylation is 5. The summed E-state index contributed by atoms with van der Waals surface area (Å²) >= 11 is 6.46. The number of rotatable bonds is 6. The molecule has 0 bridgehead atoms. The maximum absolute atomic E-state index is 3.88. The molecular weight excluding hydrogens is 722 g/mol. The van der Waals surface area contributed by atoms with Gasteiger partial charge in [-0.2, -0.15) is 0 Å². The quantitative estimate of drug-likeness (QED) is 0.279. The van der Waals surface area contributed by atoms with Crippen LogP contribution in [-0.2, 0) is 13.1 Å². The van der Waals surface area contributed by atoms with Crippen LogP contribution in [0.15, 0.2) is 73.6 Å². The second-order valence-electron chi connectivity index (χ2n) is 8.02. The summed E-state index contributed by atoms with van der Waals surface area (Å²) in [6.07, 6.45) is 17.3. The molecular formula is C30H49Br4N3. The van der Waals surface area contributed by atoms with Gasteiger partial charge in [0.2, 0.25) is 0 Å². The van der Waals surface area contributed by atoms with Crippen molar-refractivity contribution in [3.05, 3.63) is 90.3 Å². The summed E-state index contributed by atoms with van der Waals surface area (Å²) in [6, 6.07) is 12.3. The molecule has 0 aliphatic heterocycles. The van der Waals surface area contributed by atoms with Crippen molar-refractivity contribution in [2.75, 3.05) is 10.7 Å². The fourth-order valence-electron chi connectivity index (χ4n) is 2.56. The van der Waals surface area contributed by atoms with E-state index in [0.29, 0.717) is 0 Å². The molecule has 3 aromatic heterocycles. The van der Waals surface area contributed by atoms with Crippen LogP contribution < -0.4 is 43.1 Å². The molecule has 0 aliphatic rings. The molecule has 3 aromatic rings. The maximum atomic E-state index is 3.88. The van der Waals surface area contributed by atoms with Crippen molar-refractivity contribution in [1.29, 1.82) is 0 Å². The van der Waals surface area contributed by atoms with Crippen LogP contribution in [0.4, 0.5) is 0 Å². The zero-order valence-electron chi connectivity index (χ0n) is 23.9. The molecule has 0 spiro atoms. The van der Waals surface area contributed by atoms with Crippen LogP contribution >= 0.6 is 31.9 Å². The van der Waals surface area contributed by atoms with E-state index in [1.807, 2.05) is 32.2 Å². The van der Waals surface area contributed by atoms with Crippen molar-refractivity contribution in [2.45, 2.75) is 87.2 Å². The lowest BCUT2D eigenvalue weighted by Crippen LogP contribution is -3.00. The fraction of sp³-hybridized carbons (Fsp3) is 0.500. The fourth-order valence-corrected chi connectivity index (χ4v) is 3.12. The molecule has 3 rings (SSSR count). The highest BCUT2D eigenvalue weighted by Crippen LogP contribution is 1.92. The van der Waals surface area contributed by atoms with Gasteiger partial charge in [-0.1, -0.05) is 71.5 Å². The van der Waals surface area contributed by atoms with Crippen molar-refractivity contribution in [3.63, 3.8) is 0 Å². The standard InChI is InChI=1S/C10H16N.C8H12N.C6H7N.C4H9Br.C2H5Br.2BrH/c1-3-4-7-11-8-5-6-10(2)9-11;1-3-9-6-4-5-8(2)7-9;1-6-3-2-4-7-5-6;1-2-3-4-5;1-2-3;;/h5-6,8-9H,3-4,7H2,1-2H3;4-7H,3H2,1-2H3;2-5H,1H3;2-4H2,1H3;2H2,1H3;2*1H/q2*+1;;;;;/p-2. The van der Waals surface area contributed by atoms with E-state index in [1.165, 1.54) is 42.4 Å². The number of hydrogen-bond donors (Lipinski definition) is 0. The number of aromatic nitrogens is 3. The first-order chi connectivity index (χ1) is 16.9. The smallest absolute Gasteiger partial charge is 0.171 e. The predicted molar refractivity (Wildman–Crippen MR) is 160 cm³/mol. The molecule has 0 aliphatic carbocycles. The Labute approximate surface area is 266 Å². The Morgan fingerprint density at radius 1 is 0.703 bits per heavy atom. The van der Waals surface area contributed by atoms with Gasteiger partial charge >= 0.3 is 0 Å². The van der Waals surface area contributed by atoms with Crippen molar-refractivity contribution in [2.24, 2.45) is 0 Å². The van der Waals surface area contributed by atoms with Gasteiger partial charge in [0.1, 0.15) is 13.1 Å². The lowest BCUT2D eigenvalue weighted by molar-refractivity contribution is -0.697. The minimum atomic E-state index is 0. The van der Waals surface area contributed by atoms with Gasteiger partial charge in [-0.25, -0.2) is 9.13 Å². The topological polar surface area (TPSA) is 20.6 Å². The van der Waals surface area contributed by atoms with Crippen LogP contribution in [-0.4, -0.2) is 15.6 Å². The Bertz CT molecular complexity index is 832. The molecule has 0 saturated carbocycles. The van der Waals surface area contributed by atoms with Crippen LogP contribution in [0.5, 0.6) is 0 Å². The zero-order valence-corrected chi connectivity index (χ0v) is 30.3. The molecule has 0 N–H and O–H groups in total. The number of nitrogens with zero attached hydrogens (tertiary/aromatic N) is 3. The normalized spacial score (nSPS) is 8.57. The van der Waals surface area contributed by atoms with Crippen LogP contribution in [0.3, 0.4) is 0 Å². The Hall–Kier alpha value is -0.630. The van der Waals surface area contributed by atoms with E-state index >= 15 is 0 Å². The first-order valence-electron chi connectivity index (χ1n) is 12.8. The van der Waals surface area contributed by atoms with Crippen LogP contribution in [0.25, 0.3) is 0 Å². The monoisotopic (exact) mass is 767 g/mol. The highest BCUT2D eigenvalue weighted by Gasteiger charge is 1.97. The average Bonchev–Trinajstić information content (AvgIpc) is 2.85. The van der Waals surface area contributed by atoms with E-state index in [-0.39, 0.29) is 34.0 Å². The first kappa shape index (κ1) is 43.4. The second-order valence-corrected chi connectivity index (χ2v) is 9.94.